The number of nitrogens with two attached hydrogens (primary N) is 2. The molecule has 1 aliphatic heterocycles. The number of amides is 1. The van der Waals surface area contributed by atoms with Gasteiger partial charge in [-0.15, -0.1) is 24.8 Å². The zero-order valence-electron chi connectivity index (χ0n) is 14.6. The van der Waals surface area contributed by atoms with Crippen LogP contribution >= 0.6 is 24.8 Å². The highest BCUT2D eigenvalue weighted by Crippen LogP contribution is 2.29. The lowest BCUT2D eigenvalue weighted by molar-refractivity contribution is 0.102. The number of hydrogen-bond acceptors (Lipinski definition) is 4. The summed E-state index contributed by atoms with van der Waals surface area (Å²) in [6.07, 6.45) is 2.13. The number of carbonyl (C=O) groups excluding carboxylic acids is 1. The molecule has 5 nitrogen and oxygen atoms in total. The number of piperidine rings is 1. The molecule has 0 atom stereocenters. The van der Waals surface area contributed by atoms with Gasteiger partial charge in [0.1, 0.15) is 0 Å². The summed E-state index contributed by atoms with van der Waals surface area (Å²) in [6.45, 7) is 2.59. The van der Waals surface area contributed by atoms with Crippen LogP contribution in [0.3, 0.4) is 0 Å². The Hall–Kier alpha value is -1.95. The molecule has 142 valence electrons. The number of para-hydroxylation sites is 1. The fourth-order valence-electron chi connectivity index (χ4n) is 3.09. The van der Waals surface area contributed by atoms with E-state index in [1.54, 1.807) is 6.07 Å². The summed E-state index contributed by atoms with van der Waals surface area (Å²) in [6, 6.07) is 14.9. The van der Waals surface area contributed by atoms with Gasteiger partial charge < -0.3 is 21.7 Å². The summed E-state index contributed by atoms with van der Waals surface area (Å²) in [7, 11) is 0. The number of carbonyl (C=O) groups is 1. The summed E-state index contributed by atoms with van der Waals surface area (Å²) in [4.78, 5) is 14.7. The minimum Gasteiger partial charge on any atom is -0.397 e. The first kappa shape index (κ1) is 22.1. The zero-order valence-corrected chi connectivity index (χ0v) is 16.2. The number of rotatable bonds is 4. The van der Waals surface area contributed by atoms with Crippen LogP contribution in [0.4, 0.5) is 17.1 Å². The Morgan fingerprint density at radius 1 is 1.08 bits per heavy atom. The summed E-state index contributed by atoms with van der Waals surface area (Å²) in [5.41, 5.74) is 14.9. The molecule has 0 unspecified atom stereocenters. The van der Waals surface area contributed by atoms with Crippen LogP contribution in [0.5, 0.6) is 0 Å². The van der Waals surface area contributed by atoms with Crippen molar-refractivity contribution in [3.05, 3.63) is 54.1 Å². The molecule has 7 heteroatoms. The molecular formula is C19H26Cl2N4O. The summed E-state index contributed by atoms with van der Waals surface area (Å²) in [5, 5.41) is 2.91. The molecule has 2 aromatic rings. The predicted octanol–water partition coefficient (Wildman–Crippen LogP) is 3.54. The minimum absolute atomic E-state index is 0. The molecule has 1 amide bonds. The van der Waals surface area contributed by atoms with E-state index in [1.165, 1.54) is 0 Å². The van der Waals surface area contributed by atoms with Gasteiger partial charge >= 0.3 is 0 Å². The van der Waals surface area contributed by atoms with E-state index in [-0.39, 0.29) is 30.7 Å². The Morgan fingerprint density at radius 3 is 2.35 bits per heavy atom. The second kappa shape index (κ2) is 10.3. The first-order valence-corrected chi connectivity index (χ1v) is 8.38. The second-order valence-electron chi connectivity index (χ2n) is 6.26. The molecule has 0 bridgehead atoms. The number of nitrogens with one attached hydrogen (secondary N) is 1. The standard InChI is InChI=1S/C19H24N4O.2ClH/c20-13-14-8-10-23(11-9-14)18-12-15(6-7-17(18)21)19(24)22-16-4-2-1-3-5-16;;/h1-7,12,14H,8-11,13,20-21H2,(H,22,24);2*1H. The van der Waals surface area contributed by atoms with Crippen molar-refractivity contribution in [1.82, 2.24) is 0 Å². The smallest absolute Gasteiger partial charge is 0.255 e. The number of anilines is 3. The molecule has 5 N–H and O–H groups in total. The molecule has 0 radical (unpaired) electrons. The number of nitrogen functional groups attached to an aromatic ring is 1. The monoisotopic (exact) mass is 396 g/mol. The van der Waals surface area contributed by atoms with Crippen molar-refractivity contribution in [1.29, 1.82) is 0 Å². The van der Waals surface area contributed by atoms with Gasteiger partial charge in [-0.25, -0.2) is 0 Å². The van der Waals surface area contributed by atoms with Crippen molar-refractivity contribution in [3.63, 3.8) is 0 Å². The van der Waals surface area contributed by atoms with Gasteiger partial charge in [-0.2, -0.15) is 0 Å². The normalized spacial score (nSPS) is 14.1. The topological polar surface area (TPSA) is 84.4 Å². The van der Waals surface area contributed by atoms with Gasteiger partial charge in [-0.05, 0) is 55.6 Å². The van der Waals surface area contributed by atoms with E-state index >= 15 is 0 Å². The molecule has 3 rings (SSSR count). The summed E-state index contributed by atoms with van der Waals surface area (Å²) >= 11 is 0. The Balaban J connectivity index is 0.00000169. The Morgan fingerprint density at radius 2 is 1.73 bits per heavy atom. The molecule has 0 aliphatic carbocycles. The van der Waals surface area contributed by atoms with E-state index < -0.39 is 0 Å². The van der Waals surface area contributed by atoms with Crippen molar-refractivity contribution >= 4 is 47.8 Å². The molecule has 0 aromatic heterocycles. The maximum atomic E-state index is 12.5. The number of benzene rings is 2. The van der Waals surface area contributed by atoms with Crippen LogP contribution in [0.25, 0.3) is 0 Å². The number of halogens is 2. The Labute approximate surface area is 166 Å². The zero-order chi connectivity index (χ0) is 16.9. The molecule has 2 aromatic carbocycles. The largest absolute Gasteiger partial charge is 0.397 e. The quantitative estimate of drug-likeness (QED) is 0.689. The van der Waals surface area contributed by atoms with Gasteiger partial charge in [-0.3, -0.25) is 4.79 Å². The van der Waals surface area contributed by atoms with Crippen LogP contribution in [-0.2, 0) is 0 Å². The van der Waals surface area contributed by atoms with Crippen molar-refractivity contribution < 1.29 is 4.79 Å². The van der Waals surface area contributed by atoms with E-state index in [0.717, 1.165) is 43.9 Å². The fraction of sp³-hybridized carbons (Fsp3) is 0.316. The molecule has 1 aliphatic rings. The summed E-state index contributed by atoms with van der Waals surface area (Å²) < 4.78 is 0. The van der Waals surface area contributed by atoms with Crippen LogP contribution in [0, 0.1) is 5.92 Å². The SMILES string of the molecule is Cl.Cl.NCC1CCN(c2cc(C(=O)Nc3ccccc3)ccc2N)CC1. The third-order valence-corrected chi connectivity index (χ3v) is 4.61. The van der Waals surface area contributed by atoms with E-state index in [9.17, 15) is 4.79 Å². The average molecular weight is 397 g/mol. The number of hydrogen-bond donors (Lipinski definition) is 3. The summed E-state index contributed by atoms with van der Waals surface area (Å²) in [5.74, 6) is 0.464. The highest BCUT2D eigenvalue weighted by Gasteiger charge is 2.20. The van der Waals surface area contributed by atoms with Crippen molar-refractivity contribution in [2.24, 2.45) is 11.7 Å². The van der Waals surface area contributed by atoms with Crippen LogP contribution in [0.15, 0.2) is 48.5 Å². The van der Waals surface area contributed by atoms with Crippen LogP contribution in [0.1, 0.15) is 23.2 Å². The van der Waals surface area contributed by atoms with E-state index in [0.29, 0.717) is 17.2 Å². The van der Waals surface area contributed by atoms with E-state index in [1.807, 2.05) is 42.5 Å². The first-order valence-electron chi connectivity index (χ1n) is 8.38. The second-order valence-corrected chi connectivity index (χ2v) is 6.26. The molecular weight excluding hydrogens is 371 g/mol. The predicted molar refractivity (Wildman–Crippen MR) is 114 cm³/mol. The van der Waals surface area contributed by atoms with Crippen molar-refractivity contribution in [3.8, 4) is 0 Å². The van der Waals surface area contributed by atoms with Crippen molar-refractivity contribution in [2.45, 2.75) is 12.8 Å². The maximum absolute atomic E-state index is 12.5. The lowest BCUT2D eigenvalue weighted by Crippen LogP contribution is -2.36. The number of nitrogens with zero attached hydrogens (tertiary/aromatic N) is 1. The highest BCUT2D eigenvalue weighted by atomic mass is 35.5. The van der Waals surface area contributed by atoms with Crippen LogP contribution in [0.2, 0.25) is 0 Å². The van der Waals surface area contributed by atoms with Crippen LogP contribution < -0.4 is 21.7 Å². The Bertz CT molecular complexity index is 704. The molecule has 0 saturated carbocycles. The van der Waals surface area contributed by atoms with Gasteiger partial charge in [0.25, 0.3) is 5.91 Å². The van der Waals surface area contributed by atoms with Gasteiger partial charge in [0, 0.05) is 24.3 Å². The molecule has 1 fully saturated rings. The maximum Gasteiger partial charge on any atom is 0.255 e. The molecule has 0 spiro atoms. The third kappa shape index (κ3) is 5.27. The van der Waals surface area contributed by atoms with E-state index in [4.69, 9.17) is 11.5 Å². The van der Waals surface area contributed by atoms with E-state index in [2.05, 4.69) is 10.2 Å². The lowest BCUT2D eigenvalue weighted by atomic mass is 9.96. The van der Waals surface area contributed by atoms with Gasteiger partial charge in [0.15, 0.2) is 0 Å². The third-order valence-electron chi connectivity index (χ3n) is 4.61. The molecule has 1 saturated heterocycles. The van der Waals surface area contributed by atoms with Crippen molar-refractivity contribution in [2.75, 3.05) is 35.6 Å². The van der Waals surface area contributed by atoms with Gasteiger partial charge in [0.05, 0.1) is 11.4 Å². The highest BCUT2D eigenvalue weighted by molar-refractivity contribution is 6.05. The molecule has 26 heavy (non-hydrogen) atoms. The average Bonchev–Trinajstić information content (AvgIpc) is 2.63. The first-order chi connectivity index (χ1) is 11.7. The Kier molecular flexibility index (Phi) is 8.72. The lowest BCUT2D eigenvalue weighted by Gasteiger charge is -2.34. The van der Waals surface area contributed by atoms with Gasteiger partial charge in [0.2, 0.25) is 0 Å². The fourth-order valence-corrected chi connectivity index (χ4v) is 3.09. The minimum atomic E-state index is -0.126. The van der Waals surface area contributed by atoms with Gasteiger partial charge in [-0.1, -0.05) is 18.2 Å². The van der Waals surface area contributed by atoms with Crippen LogP contribution in [-0.4, -0.2) is 25.5 Å². The molecule has 1 heterocycles.